The summed E-state index contributed by atoms with van der Waals surface area (Å²) < 4.78 is 10.7. The first-order valence-corrected chi connectivity index (χ1v) is 7.08. The Hall–Kier alpha value is -1.96. The Bertz CT molecular complexity index is 630. The molecule has 0 aliphatic rings. The van der Waals surface area contributed by atoms with Crippen LogP contribution in [-0.2, 0) is 0 Å². The normalized spacial score (nSPS) is 10.6. The monoisotopic (exact) mass is 427 g/mol. The molecule has 6 heteroatoms. The minimum absolute atomic E-state index is 0. The lowest BCUT2D eigenvalue weighted by Gasteiger charge is -2.08. The van der Waals surface area contributed by atoms with Crippen LogP contribution < -0.4 is 20.5 Å². The molecule has 2 aromatic carbocycles. The van der Waals surface area contributed by atoms with Gasteiger partial charge in [0.15, 0.2) is 5.96 Å². The number of guanidine groups is 1. The molecule has 0 atom stereocenters. The number of ether oxygens (including phenoxy) is 2. The van der Waals surface area contributed by atoms with Gasteiger partial charge in [-0.3, -0.25) is 0 Å². The number of halogens is 1. The molecule has 0 aliphatic carbocycles. The van der Waals surface area contributed by atoms with Crippen LogP contribution in [0.15, 0.2) is 53.5 Å². The maximum Gasteiger partial charge on any atom is 0.193 e. The quantitative estimate of drug-likeness (QED) is 0.321. The summed E-state index contributed by atoms with van der Waals surface area (Å²) >= 11 is 0. The number of nitrogens with two attached hydrogens (primary N) is 1. The fourth-order valence-electron chi connectivity index (χ4n) is 1.90. The third kappa shape index (κ3) is 6.77. The predicted molar refractivity (Wildman–Crippen MR) is 105 cm³/mol. The van der Waals surface area contributed by atoms with Gasteiger partial charge in [-0.1, -0.05) is 12.1 Å². The molecule has 0 spiro atoms. The molecule has 0 radical (unpaired) electrons. The molecule has 0 bridgehead atoms. The lowest BCUT2D eigenvalue weighted by molar-refractivity contribution is 0.328. The summed E-state index contributed by atoms with van der Waals surface area (Å²) in [5, 5.41) is 3.02. The van der Waals surface area contributed by atoms with Crippen molar-refractivity contribution in [3.8, 4) is 11.5 Å². The Morgan fingerprint density at radius 2 is 1.87 bits per heavy atom. The molecular formula is C17H22IN3O2. The zero-order valence-corrected chi connectivity index (χ0v) is 15.6. The zero-order valence-electron chi connectivity index (χ0n) is 13.3. The van der Waals surface area contributed by atoms with E-state index in [9.17, 15) is 0 Å². The van der Waals surface area contributed by atoms with E-state index < -0.39 is 0 Å². The number of nitrogens with zero attached hydrogens (tertiary/aromatic N) is 1. The molecule has 5 nitrogen and oxygen atoms in total. The van der Waals surface area contributed by atoms with Crippen LogP contribution in [0.25, 0.3) is 0 Å². The molecule has 0 unspecified atom stereocenters. The number of anilines is 1. The SMILES string of the molecule is COc1ccc(NC(N)=NCCOc2cccc(C)c2)cc1.I. The third-order valence-corrected chi connectivity index (χ3v) is 2.99. The number of benzene rings is 2. The first kappa shape index (κ1) is 19.1. The van der Waals surface area contributed by atoms with Crippen LogP contribution in [0.3, 0.4) is 0 Å². The highest BCUT2D eigenvalue weighted by molar-refractivity contribution is 14.0. The fraction of sp³-hybridized carbons (Fsp3) is 0.235. The molecule has 2 aromatic rings. The van der Waals surface area contributed by atoms with Crippen molar-refractivity contribution >= 4 is 35.6 Å². The molecule has 0 heterocycles. The minimum Gasteiger partial charge on any atom is -0.497 e. The van der Waals surface area contributed by atoms with Gasteiger partial charge in [0.05, 0.1) is 13.7 Å². The van der Waals surface area contributed by atoms with E-state index in [-0.39, 0.29) is 24.0 Å². The highest BCUT2D eigenvalue weighted by atomic mass is 127. The molecule has 0 saturated heterocycles. The van der Waals surface area contributed by atoms with Crippen molar-refractivity contribution in [1.82, 2.24) is 0 Å². The second kappa shape index (κ2) is 9.94. The number of rotatable bonds is 6. The smallest absolute Gasteiger partial charge is 0.193 e. The van der Waals surface area contributed by atoms with Crippen LogP contribution in [0.4, 0.5) is 5.69 Å². The summed E-state index contributed by atoms with van der Waals surface area (Å²) in [7, 11) is 1.63. The van der Waals surface area contributed by atoms with E-state index in [1.165, 1.54) is 5.56 Å². The van der Waals surface area contributed by atoms with Crippen LogP contribution in [0.2, 0.25) is 0 Å². The molecule has 3 N–H and O–H groups in total. The van der Waals surface area contributed by atoms with E-state index in [0.717, 1.165) is 17.2 Å². The van der Waals surface area contributed by atoms with Crippen molar-refractivity contribution in [3.05, 3.63) is 54.1 Å². The number of aliphatic imine (C=N–C) groups is 1. The van der Waals surface area contributed by atoms with Gasteiger partial charge in [-0.2, -0.15) is 0 Å². The van der Waals surface area contributed by atoms with E-state index >= 15 is 0 Å². The van der Waals surface area contributed by atoms with Crippen molar-refractivity contribution < 1.29 is 9.47 Å². The number of hydrogen-bond acceptors (Lipinski definition) is 3. The average molecular weight is 427 g/mol. The standard InChI is InChI=1S/C17H21N3O2.HI/c1-13-4-3-5-16(12-13)22-11-10-19-17(18)20-14-6-8-15(21-2)9-7-14;/h3-9,12H,10-11H2,1-2H3,(H3,18,19,20);1H. The van der Waals surface area contributed by atoms with Crippen LogP contribution in [0.5, 0.6) is 11.5 Å². The van der Waals surface area contributed by atoms with Gasteiger partial charge < -0.3 is 20.5 Å². The first-order valence-electron chi connectivity index (χ1n) is 7.08. The van der Waals surface area contributed by atoms with Gasteiger partial charge in [0, 0.05) is 5.69 Å². The van der Waals surface area contributed by atoms with Gasteiger partial charge in [-0.05, 0) is 48.9 Å². The molecular weight excluding hydrogens is 405 g/mol. The molecule has 0 amide bonds. The van der Waals surface area contributed by atoms with E-state index in [0.29, 0.717) is 19.1 Å². The molecule has 0 aliphatic heterocycles. The van der Waals surface area contributed by atoms with Gasteiger partial charge in [0.25, 0.3) is 0 Å². The Balaban J connectivity index is 0.00000264. The van der Waals surface area contributed by atoms with Crippen molar-refractivity contribution in [1.29, 1.82) is 0 Å². The Kier molecular flexibility index (Phi) is 8.25. The summed E-state index contributed by atoms with van der Waals surface area (Å²) in [5.41, 5.74) is 7.86. The zero-order chi connectivity index (χ0) is 15.8. The summed E-state index contributed by atoms with van der Waals surface area (Å²) in [6.45, 7) is 3.00. The molecule has 23 heavy (non-hydrogen) atoms. The minimum atomic E-state index is 0. The fourth-order valence-corrected chi connectivity index (χ4v) is 1.90. The summed E-state index contributed by atoms with van der Waals surface area (Å²) in [6, 6.07) is 15.4. The maximum absolute atomic E-state index is 5.83. The summed E-state index contributed by atoms with van der Waals surface area (Å²) in [6.07, 6.45) is 0. The number of methoxy groups -OCH3 is 1. The van der Waals surface area contributed by atoms with Crippen molar-refractivity contribution in [2.75, 3.05) is 25.6 Å². The molecule has 124 valence electrons. The van der Waals surface area contributed by atoms with Gasteiger partial charge in [-0.25, -0.2) is 4.99 Å². The van der Waals surface area contributed by atoms with E-state index in [1.54, 1.807) is 7.11 Å². The van der Waals surface area contributed by atoms with Gasteiger partial charge >= 0.3 is 0 Å². The molecule has 0 saturated carbocycles. The summed E-state index contributed by atoms with van der Waals surface area (Å²) in [5.74, 6) is 2.00. The Morgan fingerprint density at radius 1 is 1.13 bits per heavy atom. The third-order valence-electron chi connectivity index (χ3n) is 2.99. The van der Waals surface area contributed by atoms with E-state index in [2.05, 4.69) is 10.3 Å². The highest BCUT2D eigenvalue weighted by Crippen LogP contribution is 2.14. The topological polar surface area (TPSA) is 68.9 Å². The van der Waals surface area contributed by atoms with Crippen molar-refractivity contribution in [2.24, 2.45) is 10.7 Å². The predicted octanol–water partition coefficient (Wildman–Crippen LogP) is 3.43. The second-order valence-electron chi connectivity index (χ2n) is 4.79. The molecule has 0 fully saturated rings. The lowest BCUT2D eigenvalue weighted by Crippen LogP contribution is -2.23. The summed E-state index contributed by atoms with van der Waals surface area (Å²) in [4.78, 5) is 4.23. The van der Waals surface area contributed by atoms with E-state index in [1.807, 2.05) is 55.5 Å². The van der Waals surface area contributed by atoms with Gasteiger partial charge in [0.1, 0.15) is 18.1 Å². The molecule has 2 rings (SSSR count). The Labute approximate surface area is 153 Å². The van der Waals surface area contributed by atoms with Crippen LogP contribution in [0.1, 0.15) is 5.56 Å². The Morgan fingerprint density at radius 3 is 2.52 bits per heavy atom. The largest absolute Gasteiger partial charge is 0.497 e. The van der Waals surface area contributed by atoms with E-state index in [4.69, 9.17) is 15.2 Å². The van der Waals surface area contributed by atoms with Crippen LogP contribution >= 0.6 is 24.0 Å². The van der Waals surface area contributed by atoms with Crippen LogP contribution in [0, 0.1) is 6.92 Å². The highest BCUT2D eigenvalue weighted by Gasteiger charge is 1.97. The number of aryl methyl sites for hydroxylation is 1. The number of nitrogens with one attached hydrogen (secondary N) is 1. The lowest BCUT2D eigenvalue weighted by atomic mass is 10.2. The first-order chi connectivity index (χ1) is 10.7. The number of hydrogen-bond donors (Lipinski definition) is 2. The van der Waals surface area contributed by atoms with Crippen molar-refractivity contribution in [2.45, 2.75) is 6.92 Å². The second-order valence-corrected chi connectivity index (χ2v) is 4.79. The van der Waals surface area contributed by atoms with Gasteiger partial charge in [-0.15, -0.1) is 24.0 Å². The molecule has 0 aromatic heterocycles. The van der Waals surface area contributed by atoms with Gasteiger partial charge in [0.2, 0.25) is 0 Å². The average Bonchev–Trinajstić information content (AvgIpc) is 2.52. The van der Waals surface area contributed by atoms with Crippen molar-refractivity contribution in [3.63, 3.8) is 0 Å². The maximum atomic E-state index is 5.83. The van der Waals surface area contributed by atoms with Crippen LogP contribution in [-0.4, -0.2) is 26.2 Å².